The fourth-order valence-corrected chi connectivity index (χ4v) is 4.89. The van der Waals surface area contributed by atoms with Crippen LogP contribution in [0.1, 0.15) is 34.1 Å². The van der Waals surface area contributed by atoms with Gasteiger partial charge in [0.2, 0.25) is 5.95 Å². The van der Waals surface area contributed by atoms with E-state index in [1.54, 1.807) is 6.20 Å². The van der Waals surface area contributed by atoms with Crippen LogP contribution in [0.3, 0.4) is 0 Å². The van der Waals surface area contributed by atoms with Gasteiger partial charge in [-0.1, -0.05) is 6.07 Å². The number of rotatable bonds is 6. The van der Waals surface area contributed by atoms with E-state index >= 15 is 0 Å². The second-order valence-corrected chi connectivity index (χ2v) is 9.32. The topological polar surface area (TPSA) is 119 Å². The lowest BCUT2D eigenvalue weighted by Crippen LogP contribution is -2.37. The predicted molar refractivity (Wildman–Crippen MR) is 136 cm³/mol. The number of nitrogens with one attached hydrogen (secondary N) is 1. The van der Waals surface area contributed by atoms with Gasteiger partial charge >= 0.3 is 0 Å². The summed E-state index contributed by atoms with van der Waals surface area (Å²) < 4.78 is 11.4. The van der Waals surface area contributed by atoms with E-state index in [1.807, 2.05) is 42.5 Å². The molecule has 1 atom stereocenters. The van der Waals surface area contributed by atoms with Crippen molar-refractivity contribution in [1.29, 1.82) is 0 Å². The molecule has 184 valence electrons. The Labute approximate surface area is 208 Å². The first kappa shape index (κ1) is 22.6. The number of nitrogen functional groups attached to an aromatic ring is 1. The minimum atomic E-state index is 0.0711. The van der Waals surface area contributed by atoms with E-state index in [1.165, 1.54) is 0 Å². The fourth-order valence-electron chi connectivity index (χ4n) is 4.89. The van der Waals surface area contributed by atoms with Gasteiger partial charge in [-0.15, -0.1) is 0 Å². The number of morpholine rings is 1. The summed E-state index contributed by atoms with van der Waals surface area (Å²) in [4.78, 5) is 31.7. The molecular weight excluding hydrogens is 456 g/mol. The number of hydrogen-bond donors (Lipinski definition) is 2. The third-order valence-corrected chi connectivity index (χ3v) is 6.90. The Hall–Kier alpha value is -3.82. The van der Waals surface area contributed by atoms with Crippen LogP contribution in [-0.2, 0) is 11.2 Å². The van der Waals surface area contributed by atoms with Gasteiger partial charge in [-0.3, -0.25) is 9.69 Å². The van der Waals surface area contributed by atoms with E-state index in [2.05, 4.69) is 19.9 Å². The lowest BCUT2D eigenvalue weighted by molar-refractivity contribution is 0.0370. The van der Waals surface area contributed by atoms with Crippen LogP contribution >= 0.6 is 0 Å². The summed E-state index contributed by atoms with van der Waals surface area (Å²) in [7, 11) is 0. The molecule has 2 aromatic carbocycles. The van der Waals surface area contributed by atoms with Crippen molar-refractivity contribution in [3.05, 3.63) is 65.6 Å². The van der Waals surface area contributed by atoms with E-state index < -0.39 is 0 Å². The Bertz CT molecular complexity index is 1410. The summed E-state index contributed by atoms with van der Waals surface area (Å²) in [6.07, 6.45) is 2.92. The molecule has 2 aliphatic heterocycles. The molecule has 36 heavy (non-hydrogen) atoms. The molecule has 9 nitrogen and oxygen atoms in total. The van der Waals surface area contributed by atoms with Gasteiger partial charge < -0.3 is 20.2 Å². The van der Waals surface area contributed by atoms with Crippen LogP contribution in [0.2, 0.25) is 0 Å². The van der Waals surface area contributed by atoms with Crippen LogP contribution in [0.4, 0.5) is 5.95 Å². The minimum absolute atomic E-state index is 0.0711. The second kappa shape index (κ2) is 9.67. The highest BCUT2D eigenvalue weighted by Crippen LogP contribution is 2.33. The van der Waals surface area contributed by atoms with Crippen LogP contribution in [0.15, 0.2) is 48.7 Å². The average Bonchev–Trinajstić information content (AvgIpc) is 3.35. The van der Waals surface area contributed by atoms with Gasteiger partial charge in [0.1, 0.15) is 11.6 Å². The first-order valence-electron chi connectivity index (χ1n) is 12.3. The molecule has 2 aromatic heterocycles. The largest absolute Gasteiger partial charge is 0.493 e. The zero-order valence-electron chi connectivity index (χ0n) is 19.9. The molecular formula is C27H28N6O3. The Kier molecular flexibility index (Phi) is 6.08. The van der Waals surface area contributed by atoms with Crippen LogP contribution in [0, 0.1) is 0 Å². The molecule has 0 amide bonds. The number of benzene rings is 2. The number of carbonyl (C=O) groups is 1. The maximum atomic E-state index is 12.9. The molecule has 3 N–H and O–H groups in total. The smallest absolute Gasteiger partial charge is 0.220 e. The average molecular weight is 485 g/mol. The maximum absolute atomic E-state index is 12.9. The Morgan fingerprint density at radius 1 is 1.11 bits per heavy atom. The molecule has 4 aromatic rings. The number of H-pyrrole nitrogens is 1. The quantitative estimate of drug-likeness (QED) is 0.401. The monoisotopic (exact) mass is 484 g/mol. The van der Waals surface area contributed by atoms with E-state index in [-0.39, 0.29) is 17.6 Å². The molecule has 1 saturated heterocycles. The van der Waals surface area contributed by atoms with Gasteiger partial charge in [0, 0.05) is 43.4 Å². The number of hydrogen-bond acceptors (Lipinski definition) is 8. The van der Waals surface area contributed by atoms with Crippen LogP contribution < -0.4 is 10.5 Å². The van der Waals surface area contributed by atoms with Crippen LogP contribution in [-0.4, -0.2) is 70.1 Å². The molecule has 0 spiro atoms. The van der Waals surface area contributed by atoms with E-state index in [4.69, 9.17) is 20.2 Å². The number of carbonyl (C=O) groups excluding carboxylic acids is 1. The summed E-state index contributed by atoms with van der Waals surface area (Å²) >= 11 is 0. The molecule has 0 radical (unpaired) electrons. The van der Waals surface area contributed by atoms with Gasteiger partial charge in [0.05, 0.1) is 42.5 Å². The first-order chi connectivity index (χ1) is 17.6. The molecule has 0 bridgehead atoms. The maximum Gasteiger partial charge on any atom is 0.220 e. The number of aromatic amines is 1. The third-order valence-electron chi connectivity index (χ3n) is 6.90. The molecule has 9 heteroatoms. The highest BCUT2D eigenvalue weighted by Gasteiger charge is 2.25. The summed E-state index contributed by atoms with van der Waals surface area (Å²) in [5.74, 6) is 2.19. The van der Waals surface area contributed by atoms with Gasteiger partial charge in [-0.05, 0) is 48.4 Å². The minimum Gasteiger partial charge on any atom is -0.493 e. The Morgan fingerprint density at radius 2 is 2.00 bits per heavy atom. The SMILES string of the molecule is Nc1nccc(-c2ccc3nc(C4COc5ccc(C(=O)CCN6CCOCC6)cc5C4)[nH]c3c2)n1. The van der Waals surface area contributed by atoms with Crippen LogP contribution in [0.25, 0.3) is 22.3 Å². The van der Waals surface area contributed by atoms with Crippen molar-refractivity contribution >= 4 is 22.8 Å². The number of nitrogens with two attached hydrogens (primary N) is 1. The number of imidazole rings is 1. The van der Waals surface area contributed by atoms with Gasteiger partial charge in [0.25, 0.3) is 0 Å². The van der Waals surface area contributed by atoms with Gasteiger partial charge in [-0.2, -0.15) is 0 Å². The molecule has 1 unspecified atom stereocenters. The number of ether oxygens (including phenoxy) is 2. The second-order valence-electron chi connectivity index (χ2n) is 9.32. The van der Waals surface area contributed by atoms with Crippen molar-refractivity contribution in [3.8, 4) is 17.0 Å². The lowest BCUT2D eigenvalue weighted by atomic mass is 9.93. The lowest BCUT2D eigenvalue weighted by Gasteiger charge is -2.26. The molecule has 1 fully saturated rings. The standard InChI is InChI=1S/C27H28N6O3/c28-27-29-7-5-21(32-27)17-1-3-22-23(15-17)31-26(30-22)20-14-19-13-18(2-4-25(19)36-16-20)24(34)6-8-33-9-11-35-12-10-33/h1-5,7,13,15,20H,6,8-12,14,16H2,(H,30,31)(H2,28,29,32). The van der Waals surface area contributed by atoms with E-state index in [9.17, 15) is 4.79 Å². The molecule has 0 aliphatic carbocycles. The predicted octanol–water partition coefficient (Wildman–Crippen LogP) is 3.23. The van der Waals surface area contributed by atoms with Crippen molar-refractivity contribution in [1.82, 2.24) is 24.8 Å². The highest BCUT2D eigenvalue weighted by atomic mass is 16.5. The number of aromatic nitrogens is 4. The Balaban J connectivity index is 1.18. The van der Waals surface area contributed by atoms with Crippen molar-refractivity contribution in [2.75, 3.05) is 45.2 Å². The van der Waals surface area contributed by atoms with Crippen molar-refractivity contribution in [2.45, 2.75) is 18.8 Å². The van der Waals surface area contributed by atoms with Crippen molar-refractivity contribution in [2.24, 2.45) is 0 Å². The summed E-state index contributed by atoms with van der Waals surface area (Å²) in [5, 5.41) is 0. The number of ketones is 1. The molecule has 6 rings (SSSR count). The molecule has 4 heterocycles. The normalized spacial score (nSPS) is 18.1. The number of anilines is 1. The summed E-state index contributed by atoms with van der Waals surface area (Å²) in [5.41, 5.74) is 11.0. The van der Waals surface area contributed by atoms with E-state index in [0.29, 0.717) is 13.0 Å². The zero-order chi connectivity index (χ0) is 24.5. The number of nitrogens with zero attached hydrogens (tertiary/aromatic N) is 4. The zero-order valence-corrected chi connectivity index (χ0v) is 19.9. The van der Waals surface area contributed by atoms with E-state index in [0.717, 1.165) is 84.3 Å². The van der Waals surface area contributed by atoms with Crippen LogP contribution in [0.5, 0.6) is 5.75 Å². The molecule has 2 aliphatic rings. The fraction of sp³-hybridized carbons (Fsp3) is 0.333. The van der Waals surface area contributed by atoms with Gasteiger partial charge in [0.15, 0.2) is 5.78 Å². The molecule has 0 saturated carbocycles. The first-order valence-corrected chi connectivity index (χ1v) is 12.3. The summed E-state index contributed by atoms with van der Waals surface area (Å²) in [6.45, 7) is 4.56. The highest BCUT2D eigenvalue weighted by molar-refractivity contribution is 5.96. The third kappa shape index (κ3) is 4.67. The Morgan fingerprint density at radius 3 is 2.86 bits per heavy atom. The number of fused-ring (bicyclic) bond motifs is 2. The van der Waals surface area contributed by atoms with Crippen molar-refractivity contribution < 1.29 is 14.3 Å². The number of Topliss-reactive ketones (excluding diaryl/α,β-unsaturated/α-hetero) is 1. The van der Waals surface area contributed by atoms with Crippen molar-refractivity contribution in [3.63, 3.8) is 0 Å². The summed E-state index contributed by atoms with van der Waals surface area (Å²) in [6, 6.07) is 13.6. The van der Waals surface area contributed by atoms with Gasteiger partial charge in [-0.25, -0.2) is 15.0 Å².